The highest BCUT2D eigenvalue weighted by Gasteiger charge is 2.58. The molecular formula is C47H67N5O10Si. The minimum absolute atomic E-state index is 0.0328. The standard InChI is InChI=1S/C47H67N5O10Si/c1-11-22-60-45(57)50-21-13-14-35(50)41(53)49-40(31(9)12-2)42(54)48-33-17-15-32(16-18-33)26-61-46(58)52-36-24-39(62-63(28(3)4,29(5)6)30(7)8)38(59-10)23-34(36)43(55)51-27-47(19-20-47)25-37(51)44(52)56/h11,15-18,23-24,28-31,35,37,40,44,56H,1,12-14,19-22,25-27H2,2-10H3,(H,48,54)(H,49,53)/t31-,35-,37-,40-,44?/m0/s1. The average Bonchev–Trinajstić information content (AvgIpc) is 3.65. The van der Waals surface area contributed by atoms with E-state index in [1.54, 1.807) is 41.3 Å². The van der Waals surface area contributed by atoms with Gasteiger partial charge in [-0.15, -0.1) is 0 Å². The first-order chi connectivity index (χ1) is 29.9. The molecule has 0 radical (unpaired) electrons. The first kappa shape index (κ1) is 47.4. The number of fused-ring (bicyclic) bond motifs is 2. The lowest BCUT2D eigenvalue weighted by molar-refractivity contribution is -0.130. The highest BCUT2D eigenvalue weighted by molar-refractivity contribution is 6.78. The maximum absolute atomic E-state index is 14.4. The van der Waals surface area contributed by atoms with Crippen molar-refractivity contribution in [1.82, 2.24) is 15.1 Å². The first-order valence-corrected chi connectivity index (χ1v) is 24.7. The van der Waals surface area contributed by atoms with Gasteiger partial charge in [0.25, 0.3) is 14.2 Å². The van der Waals surface area contributed by atoms with Gasteiger partial charge in [-0.1, -0.05) is 86.6 Å². The second-order valence-electron chi connectivity index (χ2n) is 18.8. The second-order valence-corrected chi connectivity index (χ2v) is 24.1. The quantitative estimate of drug-likeness (QED) is 0.111. The molecule has 5 atom stereocenters. The lowest BCUT2D eigenvalue weighted by Gasteiger charge is -2.42. The van der Waals surface area contributed by atoms with Crippen molar-refractivity contribution in [2.75, 3.05) is 37.0 Å². The summed E-state index contributed by atoms with van der Waals surface area (Å²) >= 11 is 0. The third kappa shape index (κ3) is 9.57. The van der Waals surface area contributed by atoms with Crippen molar-refractivity contribution in [3.05, 3.63) is 60.2 Å². The average molecular weight is 890 g/mol. The van der Waals surface area contributed by atoms with Gasteiger partial charge in [-0.25, -0.2) is 14.5 Å². The fourth-order valence-electron chi connectivity index (χ4n) is 10.0. The molecule has 1 saturated carbocycles. The summed E-state index contributed by atoms with van der Waals surface area (Å²) in [6.07, 6.45) is 2.84. The monoisotopic (exact) mass is 889 g/mol. The number of nitrogens with zero attached hydrogens (tertiary/aromatic N) is 3. The molecule has 15 nitrogen and oxygen atoms in total. The summed E-state index contributed by atoms with van der Waals surface area (Å²) in [5, 5.41) is 17.9. The van der Waals surface area contributed by atoms with Crippen LogP contribution in [-0.4, -0.2) is 104 Å². The molecule has 1 unspecified atom stereocenters. The Labute approximate surface area is 372 Å². The Morgan fingerprint density at radius 3 is 2.22 bits per heavy atom. The number of anilines is 2. The van der Waals surface area contributed by atoms with E-state index in [2.05, 4.69) is 58.8 Å². The van der Waals surface area contributed by atoms with E-state index in [1.165, 1.54) is 23.0 Å². The number of methoxy groups -OCH3 is 1. The van der Waals surface area contributed by atoms with Crippen LogP contribution in [0.15, 0.2) is 49.1 Å². The van der Waals surface area contributed by atoms with E-state index in [9.17, 15) is 29.1 Å². The minimum Gasteiger partial charge on any atom is -0.540 e. The number of benzene rings is 2. The lowest BCUT2D eigenvalue weighted by Crippen LogP contribution is -2.54. The summed E-state index contributed by atoms with van der Waals surface area (Å²) in [5.41, 5.74) is 2.11. The van der Waals surface area contributed by atoms with E-state index in [0.29, 0.717) is 61.5 Å². The normalized spacial score (nSPS) is 21.1. The largest absolute Gasteiger partial charge is 0.540 e. The predicted octanol–water partition coefficient (Wildman–Crippen LogP) is 7.98. The molecule has 63 heavy (non-hydrogen) atoms. The van der Waals surface area contributed by atoms with Crippen molar-refractivity contribution in [2.24, 2.45) is 11.3 Å². The summed E-state index contributed by atoms with van der Waals surface area (Å²) < 4.78 is 24.0. The number of amides is 5. The highest BCUT2D eigenvalue weighted by atomic mass is 28.4. The third-order valence-electron chi connectivity index (χ3n) is 13.8. The number of aliphatic hydroxyl groups excluding tert-OH is 1. The maximum atomic E-state index is 14.4. The molecule has 3 aliphatic heterocycles. The van der Waals surface area contributed by atoms with Crippen molar-refractivity contribution < 1.29 is 47.7 Å². The zero-order chi connectivity index (χ0) is 46.0. The summed E-state index contributed by atoms with van der Waals surface area (Å²) in [4.78, 5) is 72.7. The van der Waals surface area contributed by atoms with Gasteiger partial charge in [0.05, 0.1) is 24.4 Å². The predicted molar refractivity (Wildman–Crippen MR) is 242 cm³/mol. The van der Waals surface area contributed by atoms with Crippen LogP contribution in [0.4, 0.5) is 21.0 Å². The van der Waals surface area contributed by atoms with Crippen molar-refractivity contribution >= 4 is 49.6 Å². The van der Waals surface area contributed by atoms with E-state index in [0.717, 1.165) is 12.8 Å². The Hall–Kier alpha value is -5.09. The summed E-state index contributed by atoms with van der Waals surface area (Å²) in [6, 6.07) is 7.81. The maximum Gasteiger partial charge on any atom is 0.416 e. The van der Waals surface area contributed by atoms with Gasteiger partial charge >= 0.3 is 12.2 Å². The number of aliphatic hydroxyl groups is 1. The zero-order valence-electron chi connectivity index (χ0n) is 38.4. The third-order valence-corrected chi connectivity index (χ3v) is 19.8. The fraction of sp³-hybridized carbons (Fsp3) is 0.596. The number of rotatable bonds is 16. The van der Waals surface area contributed by atoms with Gasteiger partial charge in [0, 0.05) is 24.8 Å². The van der Waals surface area contributed by atoms with Crippen molar-refractivity contribution in [2.45, 2.75) is 141 Å². The number of carbonyl (C=O) groups excluding carboxylic acids is 5. The Morgan fingerprint density at radius 2 is 1.63 bits per heavy atom. The van der Waals surface area contributed by atoms with Gasteiger partial charge in [0.1, 0.15) is 31.0 Å². The van der Waals surface area contributed by atoms with Crippen molar-refractivity contribution in [3.63, 3.8) is 0 Å². The number of hydrogen-bond acceptors (Lipinski definition) is 10. The molecule has 1 aliphatic carbocycles. The van der Waals surface area contributed by atoms with Crippen LogP contribution in [-0.2, 0) is 25.7 Å². The number of carbonyl (C=O) groups is 5. The molecule has 5 amide bonds. The molecule has 16 heteroatoms. The smallest absolute Gasteiger partial charge is 0.416 e. The fourth-order valence-corrected chi connectivity index (χ4v) is 15.3. The van der Waals surface area contributed by atoms with Gasteiger partial charge in [-0.05, 0) is 83.8 Å². The molecule has 3 heterocycles. The Bertz CT molecular complexity index is 2020. The Balaban J connectivity index is 1.20. The van der Waals surface area contributed by atoms with Gasteiger partial charge in [-0.2, -0.15) is 0 Å². The molecule has 344 valence electrons. The van der Waals surface area contributed by atoms with Gasteiger partial charge in [-0.3, -0.25) is 19.3 Å². The van der Waals surface area contributed by atoms with Crippen LogP contribution in [0.2, 0.25) is 16.6 Å². The Kier molecular flexibility index (Phi) is 14.5. The lowest BCUT2D eigenvalue weighted by atomic mass is 9.97. The molecule has 0 bridgehead atoms. The molecule has 0 aromatic heterocycles. The molecule has 1 spiro atoms. The summed E-state index contributed by atoms with van der Waals surface area (Å²) in [6.45, 7) is 21.1. The van der Waals surface area contributed by atoms with Crippen LogP contribution >= 0.6 is 0 Å². The molecule has 6 rings (SSSR count). The number of nitrogens with one attached hydrogen (secondary N) is 2. The molecule has 3 fully saturated rings. The van der Waals surface area contributed by atoms with E-state index >= 15 is 0 Å². The van der Waals surface area contributed by atoms with E-state index in [4.69, 9.17) is 18.6 Å². The molecule has 3 N–H and O–H groups in total. The van der Waals surface area contributed by atoms with Crippen LogP contribution in [0.1, 0.15) is 110 Å². The van der Waals surface area contributed by atoms with Crippen molar-refractivity contribution in [1.29, 1.82) is 0 Å². The molecule has 2 saturated heterocycles. The second kappa shape index (κ2) is 19.3. The summed E-state index contributed by atoms with van der Waals surface area (Å²) in [7, 11) is -1.00. The van der Waals surface area contributed by atoms with Gasteiger partial charge in [0.15, 0.2) is 12.0 Å². The number of hydrogen-bond donors (Lipinski definition) is 3. The van der Waals surface area contributed by atoms with E-state index in [1.807, 2.05) is 13.8 Å². The number of likely N-dealkylation sites (tertiary alicyclic amines) is 1. The molecule has 2 aromatic carbocycles. The molecular weight excluding hydrogens is 823 g/mol. The first-order valence-electron chi connectivity index (χ1n) is 22.5. The molecule has 2 aromatic rings. The van der Waals surface area contributed by atoms with Gasteiger partial charge in [0.2, 0.25) is 11.8 Å². The van der Waals surface area contributed by atoms with E-state index in [-0.39, 0.29) is 58.3 Å². The van der Waals surface area contributed by atoms with Crippen LogP contribution in [0, 0.1) is 11.3 Å². The van der Waals surface area contributed by atoms with Crippen LogP contribution in [0.3, 0.4) is 0 Å². The van der Waals surface area contributed by atoms with E-state index < -0.39 is 56.7 Å². The van der Waals surface area contributed by atoms with Gasteiger partial charge < -0.3 is 39.3 Å². The molecule has 4 aliphatic rings. The highest BCUT2D eigenvalue weighted by Crippen LogP contribution is 2.57. The van der Waals surface area contributed by atoms with Crippen LogP contribution in [0.5, 0.6) is 11.5 Å². The Morgan fingerprint density at radius 1 is 0.968 bits per heavy atom. The SMILES string of the molecule is C=CCOC(=O)N1CCC[C@H]1C(=O)N[C@H](C(=O)Nc1ccc(COC(=O)N2c3cc(O[Si](C(C)C)(C(C)C)C(C)C)c(OC)cc3C(=O)N3CC4(CC4)C[C@H]3C2O)cc1)[C@@H](C)CC. The van der Waals surface area contributed by atoms with Crippen LogP contribution in [0.25, 0.3) is 0 Å². The number of ether oxygens (including phenoxy) is 3. The zero-order valence-corrected chi connectivity index (χ0v) is 39.4. The summed E-state index contributed by atoms with van der Waals surface area (Å²) in [5.74, 6) is -0.540. The topological polar surface area (TPSA) is 176 Å². The van der Waals surface area contributed by atoms with Crippen LogP contribution < -0.4 is 24.7 Å². The van der Waals surface area contributed by atoms with Crippen molar-refractivity contribution in [3.8, 4) is 11.5 Å². The minimum atomic E-state index is -2.54.